The number of urea groups is 1. The number of amides is 5. The van der Waals surface area contributed by atoms with E-state index < -0.39 is 73.2 Å². The van der Waals surface area contributed by atoms with Crippen molar-refractivity contribution in [2.45, 2.75) is 142 Å². The molecule has 0 aromatic carbocycles. The smallest absolute Gasteiger partial charge is 0.315 e. The molecule has 12 nitrogen and oxygen atoms in total. The number of likely N-dealkylation sites (tertiary alicyclic amines) is 1. The molecular weight excluding hydrogens is 683 g/mol. The molecule has 1 aliphatic heterocycles. The lowest BCUT2D eigenvalue weighted by molar-refractivity contribution is -0.146. The van der Waals surface area contributed by atoms with Gasteiger partial charge in [0.15, 0.2) is 9.84 Å². The summed E-state index contributed by atoms with van der Waals surface area (Å²) in [6, 6.07) is -3.78. The van der Waals surface area contributed by atoms with Gasteiger partial charge >= 0.3 is 6.03 Å². The Balaban J connectivity index is 1.95. The van der Waals surface area contributed by atoms with Gasteiger partial charge in [0.2, 0.25) is 17.6 Å². The summed E-state index contributed by atoms with van der Waals surface area (Å²) in [6.07, 6.45) is 11.6. The van der Waals surface area contributed by atoms with Gasteiger partial charge in [-0.25, -0.2) is 13.2 Å². The molecule has 2 aliphatic carbocycles. The molecule has 5 amide bonds. The summed E-state index contributed by atoms with van der Waals surface area (Å²) >= 11 is 0. The van der Waals surface area contributed by atoms with Crippen LogP contribution in [0.5, 0.6) is 0 Å². The summed E-state index contributed by atoms with van der Waals surface area (Å²) in [5, 5.41) is 11.2. The van der Waals surface area contributed by atoms with E-state index in [2.05, 4.69) is 33.8 Å². The Kier molecular flexibility index (Phi) is 13.5. The number of nitrogens with zero attached hydrogens (tertiary/aromatic N) is 1. The fraction of sp³-hybridized carbons (Fsp3) is 0.769. The van der Waals surface area contributed by atoms with Crippen LogP contribution in [0.4, 0.5) is 4.79 Å². The van der Waals surface area contributed by atoms with Gasteiger partial charge in [0.05, 0.1) is 22.1 Å². The van der Waals surface area contributed by atoms with Crippen molar-refractivity contribution in [3.63, 3.8) is 0 Å². The fourth-order valence-electron chi connectivity index (χ4n) is 8.45. The first-order chi connectivity index (χ1) is 23.9. The van der Waals surface area contributed by atoms with E-state index >= 15 is 0 Å². The molecule has 4 N–H and O–H groups in total. The van der Waals surface area contributed by atoms with Crippen LogP contribution in [0.3, 0.4) is 0 Å². The minimum absolute atomic E-state index is 0.0218. The molecule has 1 unspecified atom stereocenters. The molecule has 52 heavy (non-hydrogen) atoms. The number of fused-ring (bicyclic) bond motifs is 1. The highest BCUT2D eigenvalue weighted by atomic mass is 32.2. The average molecular weight is 746 g/mol. The number of nitrogens with one attached hydrogen (secondary N) is 4. The van der Waals surface area contributed by atoms with E-state index in [0.717, 1.165) is 19.3 Å². The Morgan fingerprint density at radius 2 is 1.63 bits per heavy atom. The van der Waals surface area contributed by atoms with E-state index in [9.17, 15) is 32.4 Å². The molecule has 1 saturated heterocycles. The van der Waals surface area contributed by atoms with E-state index in [1.54, 1.807) is 32.6 Å². The summed E-state index contributed by atoms with van der Waals surface area (Å²) < 4.78 is 25.7. The Hall–Kier alpha value is -3.40. The zero-order chi connectivity index (χ0) is 39.4. The van der Waals surface area contributed by atoms with Crippen LogP contribution in [0.15, 0.2) is 12.7 Å². The van der Waals surface area contributed by atoms with Gasteiger partial charge in [0, 0.05) is 19.5 Å². The Labute approximate surface area is 311 Å². The van der Waals surface area contributed by atoms with Gasteiger partial charge in [-0.2, -0.15) is 0 Å². The maximum Gasteiger partial charge on any atom is 0.315 e. The summed E-state index contributed by atoms with van der Waals surface area (Å²) in [5.41, 5.74) is -1.99. The van der Waals surface area contributed by atoms with Gasteiger partial charge < -0.3 is 26.2 Å². The van der Waals surface area contributed by atoms with Crippen molar-refractivity contribution in [3.8, 4) is 12.3 Å². The number of piperidine rings is 1. The molecular formula is C39H63N5O7S. The second-order valence-corrected chi connectivity index (χ2v) is 20.6. The van der Waals surface area contributed by atoms with Gasteiger partial charge in [-0.1, -0.05) is 60.0 Å². The molecule has 292 valence electrons. The normalized spacial score (nSPS) is 24.2. The molecule has 0 aromatic rings. The third kappa shape index (κ3) is 9.77. The van der Waals surface area contributed by atoms with Crippen molar-refractivity contribution in [1.29, 1.82) is 0 Å². The predicted octanol–water partition coefficient (Wildman–Crippen LogP) is 3.90. The number of sulfone groups is 1. The molecule has 0 aromatic heterocycles. The van der Waals surface area contributed by atoms with Crippen molar-refractivity contribution < 1.29 is 32.4 Å². The molecule has 0 bridgehead atoms. The number of carbonyl (C=O) groups excluding carboxylic acids is 5. The highest BCUT2D eigenvalue weighted by Crippen LogP contribution is 2.65. The van der Waals surface area contributed by atoms with Crippen molar-refractivity contribution >= 4 is 39.4 Å². The SMILES string of the molecule is C#CCCC(NC(=O)[C@@H]1[C@@H]2[C@H](CN1C(=O)[C@@H](NC(=O)N[C@](C)(CC(C)C)CS(=O)(=O)C(C)(C)C)C1(C)CCCCC1)C2(C)C)C(=O)C(=O)NCC=C. The van der Waals surface area contributed by atoms with Crippen LogP contribution in [0.25, 0.3) is 0 Å². The van der Waals surface area contributed by atoms with Crippen LogP contribution >= 0.6 is 0 Å². The molecule has 3 aliphatic rings. The number of carbonyl (C=O) groups is 5. The van der Waals surface area contributed by atoms with Crippen molar-refractivity contribution in [3.05, 3.63) is 12.7 Å². The first kappa shape index (κ1) is 43.0. The lowest BCUT2D eigenvalue weighted by Crippen LogP contribution is -2.64. The number of rotatable bonds is 16. The first-order valence-electron chi connectivity index (χ1n) is 18.7. The van der Waals surface area contributed by atoms with Gasteiger partial charge in [0.1, 0.15) is 12.1 Å². The van der Waals surface area contributed by atoms with E-state index in [0.29, 0.717) is 25.8 Å². The van der Waals surface area contributed by atoms with Crippen molar-refractivity contribution in [2.75, 3.05) is 18.8 Å². The third-order valence-corrected chi connectivity index (χ3v) is 14.4. The number of Topliss-reactive ketones (excluding diaryl/α,β-unsaturated/α-hetero) is 1. The Bertz CT molecular complexity index is 1540. The molecule has 6 atom stereocenters. The topological polar surface area (TPSA) is 171 Å². The lowest BCUT2D eigenvalue weighted by Gasteiger charge is -2.44. The van der Waals surface area contributed by atoms with Crippen LogP contribution in [0.1, 0.15) is 114 Å². The monoisotopic (exact) mass is 745 g/mol. The quantitative estimate of drug-likeness (QED) is 0.106. The molecule has 13 heteroatoms. The maximum absolute atomic E-state index is 14.8. The van der Waals surface area contributed by atoms with E-state index in [-0.39, 0.29) is 48.3 Å². The average Bonchev–Trinajstić information content (AvgIpc) is 3.33. The summed E-state index contributed by atoms with van der Waals surface area (Å²) in [4.78, 5) is 70.3. The summed E-state index contributed by atoms with van der Waals surface area (Å²) in [5.74, 6) is -0.573. The maximum atomic E-state index is 14.8. The molecule has 3 rings (SSSR count). The van der Waals surface area contributed by atoms with Crippen LogP contribution in [-0.4, -0.2) is 90.1 Å². The summed E-state index contributed by atoms with van der Waals surface area (Å²) in [6.45, 7) is 20.5. The largest absolute Gasteiger partial charge is 0.346 e. The van der Waals surface area contributed by atoms with Gasteiger partial charge in [-0.3, -0.25) is 19.2 Å². The van der Waals surface area contributed by atoms with E-state index in [4.69, 9.17) is 6.42 Å². The van der Waals surface area contributed by atoms with Crippen molar-refractivity contribution in [1.82, 2.24) is 26.2 Å². The number of ketones is 1. The fourth-order valence-corrected chi connectivity index (χ4v) is 9.91. The molecule has 2 saturated carbocycles. The van der Waals surface area contributed by atoms with Gasteiger partial charge in [-0.05, 0) is 82.0 Å². The molecule has 3 fully saturated rings. The van der Waals surface area contributed by atoms with Gasteiger partial charge in [-0.15, -0.1) is 18.9 Å². The molecule has 0 radical (unpaired) electrons. The number of terminal acetylenes is 1. The van der Waals surface area contributed by atoms with Crippen LogP contribution < -0.4 is 21.3 Å². The number of hydrogen-bond acceptors (Lipinski definition) is 7. The van der Waals surface area contributed by atoms with Gasteiger partial charge in [0.25, 0.3) is 5.91 Å². The second kappa shape index (κ2) is 16.3. The van der Waals surface area contributed by atoms with Crippen molar-refractivity contribution in [2.24, 2.45) is 28.6 Å². The second-order valence-electron chi connectivity index (χ2n) is 17.8. The predicted molar refractivity (Wildman–Crippen MR) is 203 cm³/mol. The van der Waals surface area contributed by atoms with E-state index in [1.165, 1.54) is 6.08 Å². The summed E-state index contributed by atoms with van der Waals surface area (Å²) in [7, 11) is -3.63. The van der Waals surface area contributed by atoms with Crippen LogP contribution in [0, 0.1) is 40.9 Å². The highest BCUT2D eigenvalue weighted by molar-refractivity contribution is 7.92. The molecule has 1 heterocycles. The zero-order valence-electron chi connectivity index (χ0n) is 32.8. The highest BCUT2D eigenvalue weighted by Gasteiger charge is 2.70. The Morgan fingerprint density at radius 3 is 2.17 bits per heavy atom. The Morgan fingerprint density at radius 1 is 1.02 bits per heavy atom. The zero-order valence-corrected chi connectivity index (χ0v) is 33.6. The number of hydrogen-bond donors (Lipinski definition) is 4. The minimum Gasteiger partial charge on any atom is -0.346 e. The lowest BCUT2D eigenvalue weighted by atomic mass is 9.70. The minimum atomic E-state index is -3.63. The molecule has 0 spiro atoms. The standard InChI is InChI=1S/C39H63N5O7S/c1-12-14-18-27(30(45)33(47)40-21-13-2)41-32(46)29-28-26(37(28,8)9)23-44(29)34(48)31(38(10)19-16-15-17-20-38)42-35(49)43-39(11,22-25(3)4)24-52(50,51)36(5,6)7/h1,13,25-29,31H,2,14-24H2,3-11H3,(H,40,47)(H,41,46)(H2,42,43,49)/t26-,27?,28-,29-,31+,39+/m0/s1. The van der Waals surface area contributed by atoms with Crippen LogP contribution in [-0.2, 0) is 29.0 Å². The first-order valence-corrected chi connectivity index (χ1v) is 20.4. The van der Waals surface area contributed by atoms with E-state index in [1.807, 2.05) is 34.6 Å². The van der Waals surface area contributed by atoms with Crippen LogP contribution in [0.2, 0.25) is 0 Å². The third-order valence-electron chi connectivity index (χ3n) is 11.5.